The summed E-state index contributed by atoms with van der Waals surface area (Å²) in [5.41, 5.74) is -0.0779. The zero-order valence-corrected chi connectivity index (χ0v) is 5.91. The third-order valence-corrected chi connectivity index (χ3v) is 1.42. The fourth-order valence-electron chi connectivity index (χ4n) is 0.586. The normalized spacial score (nSPS) is 9.90. The van der Waals surface area contributed by atoms with Crippen LogP contribution in [0.5, 0.6) is 0 Å². The van der Waals surface area contributed by atoms with E-state index in [0.29, 0.717) is 0 Å². The molecule has 0 bridgehead atoms. The highest BCUT2D eigenvalue weighted by Crippen LogP contribution is 2.10. The van der Waals surface area contributed by atoms with Crippen LogP contribution < -0.4 is 0 Å². The zero-order valence-electron chi connectivity index (χ0n) is 5.01. The molecule has 1 rings (SSSR count). The number of halogens is 2. The van der Waals surface area contributed by atoms with Gasteiger partial charge in [0.25, 0.3) is 0 Å². The SMILES string of the molecule is Fc1ccnc(F)c1CS. The van der Waals surface area contributed by atoms with E-state index in [2.05, 4.69) is 17.6 Å². The van der Waals surface area contributed by atoms with Crippen molar-refractivity contribution in [1.29, 1.82) is 0 Å². The number of thiol groups is 1. The minimum atomic E-state index is -0.782. The van der Waals surface area contributed by atoms with Crippen molar-refractivity contribution in [3.63, 3.8) is 0 Å². The Hall–Kier alpha value is -0.640. The average Bonchev–Trinajstić information content (AvgIpc) is 1.88. The van der Waals surface area contributed by atoms with E-state index in [1.807, 2.05) is 0 Å². The van der Waals surface area contributed by atoms with Gasteiger partial charge in [0, 0.05) is 11.9 Å². The summed E-state index contributed by atoms with van der Waals surface area (Å²) in [6.07, 6.45) is 1.08. The van der Waals surface area contributed by atoms with Crippen molar-refractivity contribution < 1.29 is 8.78 Å². The van der Waals surface area contributed by atoms with Crippen molar-refractivity contribution in [2.75, 3.05) is 0 Å². The predicted octanol–water partition coefficient (Wildman–Crippen LogP) is 1.79. The van der Waals surface area contributed by atoms with Gasteiger partial charge in [-0.05, 0) is 6.07 Å². The Morgan fingerprint density at radius 1 is 1.50 bits per heavy atom. The molecule has 0 saturated carbocycles. The summed E-state index contributed by atoms with van der Waals surface area (Å²) in [4.78, 5) is 3.26. The Labute approximate surface area is 62.5 Å². The highest BCUT2D eigenvalue weighted by molar-refractivity contribution is 7.79. The molecule has 1 heterocycles. The van der Waals surface area contributed by atoms with Crippen LogP contribution in [0.25, 0.3) is 0 Å². The molecule has 1 aromatic rings. The minimum Gasteiger partial charge on any atom is -0.228 e. The standard InChI is InChI=1S/C6H5F2NS/c7-5-1-2-9-6(8)4(5)3-10/h1-2,10H,3H2. The first-order valence-electron chi connectivity index (χ1n) is 2.65. The molecule has 0 aliphatic heterocycles. The van der Waals surface area contributed by atoms with Crippen LogP contribution >= 0.6 is 12.6 Å². The summed E-state index contributed by atoms with van der Waals surface area (Å²) in [5, 5.41) is 0. The van der Waals surface area contributed by atoms with E-state index in [4.69, 9.17) is 0 Å². The average molecular weight is 161 g/mol. The summed E-state index contributed by atoms with van der Waals surface area (Å²) in [5.74, 6) is -1.34. The number of hydrogen-bond donors (Lipinski definition) is 1. The lowest BCUT2D eigenvalue weighted by molar-refractivity contribution is 0.536. The van der Waals surface area contributed by atoms with E-state index in [1.54, 1.807) is 0 Å². The second kappa shape index (κ2) is 2.96. The van der Waals surface area contributed by atoms with E-state index in [-0.39, 0.29) is 11.3 Å². The van der Waals surface area contributed by atoms with E-state index in [9.17, 15) is 8.78 Å². The first-order valence-corrected chi connectivity index (χ1v) is 3.28. The summed E-state index contributed by atoms with van der Waals surface area (Å²) >= 11 is 3.73. The molecule has 0 unspecified atom stereocenters. The monoisotopic (exact) mass is 161 g/mol. The molecule has 0 atom stereocenters. The van der Waals surface area contributed by atoms with Crippen LogP contribution in [0.15, 0.2) is 12.3 Å². The highest BCUT2D eigenvalue weighted by Gasteiger charge is 2.05. The van der Waals surface area contributed by atoms with Crippen molar-refractivity contribution in [2.45, 2.75) is 5.75 Å². The summed E-state index contributed by atoms with van der Waals surface area (Å²) in [6.45, 7) is 0. The fourth-order valence-corrected chi connectivity index (χ4v) is 0.867. The third-order valence-electron chi connectivity index (χ3n) is 1.10. The van der Waals surface area contributed by atoms with Crippen LogP contribution in [0, 0.1) is 11.8 Å². The molecule has 0 radical (unpaired) electrons. The molecule has 0 aliphatic carbocycles. The van der Waals surface area contributed by atoms with Crippen LogP contribution in [0.2, 0.25) is 0 Å². The Balaban J connectivity index is 3.17. The number of aromatic nitrogens is 1. The van der Waals surface area contributed by atoms with Gasteiger partial charge in [-0.15, -0.1) is 0 Å². The Bertz CT molecular complexity index is 219. The molecule has 10 heavy (non-hydrogen) atoms. The lowest BCUT2D eigenvalue weighted by Crippen LogP contribution is -1.94. The van der Waals surface area contributed by atoms with Crippen LogP contribution in [0.1, 0.15) is 5.56 Å². The number of pyridine rings is 1. The van der Waals surface area contributed by atoms with Gasteiger partial charge in [0.2, 0.25) is 5.95 Å². The van der Waals surface area contributed by atoms with E-state index in [0.717, 1.165) is 12.3 Å². The molecule has 0 aliphatic rings. The minimum absolute atomic E-state index is 0.0332. The van der Waals surface area contributed by atoms with Crippen LogP contribution in [0.3, 0.4) is 0 Å². The highest BCUT2D eigenvalue weighted by atomic mass is 32.1. The third kappa shape index (κ3) is 1.26. The molecule has 0 N–H and O–H groups in total. The van der Waals surface area contributed by atoms with Crippen molar-refractivity contribution in [1.82, 2.24) is 4.98 Å². The van der Waals surface area contributed by atoms with Gasteiger partial charge < -0.3 is 0 Å². The lowest BCUT2D eigenvalue weighted by atomic mass is 10.3. The van der Waals surface area contributed by atoms with Gasteiger partial charge in [-0.1, -0.05) is 0 Å². The van der Waals surface area contributed by atoms with Crippen molar-refractivity contribution in [2.24, 2.45) is 0 Å². The molecule has 1 nitrogen and oxygen atoms in total. The van der Waals surface area contributed by atoms with Gasteiger partial charge >= 0.3 is 0 Å². The Morgan fingerprint density at radius 3 is 2.60 bits per heavy atom. The molecular formula is C6H5F2NS. The predicted molar refractivity (Wildman–Crippen MR) is 36.8 cm³/mol. The van der Waals surface area contributed by atoms with Crippen LogP contribution in [0.4, 0.5) is 8.78 Å². The van der Waals surface area contributed by atoms with Crippen LogP contribution in [-0.4, -0.2) is 4.98 Å². The molecule has 0 saturated heterocycles. The number of nitrogens with zero attached hydrogens (tertiary/aromatic N) is 1. The largest absolute Gasteiger partial charge is 0.228 e. The molecule has 54 valence electrons. The molecule has 1 aromatic heterocycles. The smallest absolute Gasteiger partial charge is 0.219 e. The van der Waals surface area contributed by atoms with Gasteiger partial charge in [-0.25, -0.2) is 9.37 Å². The van der Waals surface area contributed by atoms with E-state index < -0.39 is 11.8 Å². The Kier molecular flexibility index (Phi) is 2.21. The molecule has 0 aromatic carbocycles. The molecule has 0 spiro atoms. The van der Waals surface area contributed by atoms with Gasteiger partial charge in [0.15, 0.2) is 0 Å². The van der Waals surface area contributed by atoms with Gasteiger partial charge in [0.1, 0.15) is 5.82 Å². The quantitative estimate of drug-likeness (QED) is 0.489. The molecule has 0 amide bonds. The molecule has 0 fully saturated rings. The molecular weight excluding hydrogens is 156 g/mol. The van der Waals surface area contributed by atoms with E-state index in [1.165, 1.54) is 0 Å². The first kappa shape index (κ1) is 7.47. The summed E-state index contributed by atoms with van der Waals surface area (Å²) in [7, 11) is 0. The van der Waals surface area contributed by atoms with Crippen molar-refractivity contribution in [3.05, 3.63) is 29.6 Å². The van der Waals surface area contributed by atoms with Gasteiger partial charge in [0.05, 0.1) is 5.56 Å². The maximum atomic E-state index is 12.5. The van der Waals surface area contributed by atoms with Crippen molar-refractivity contribution in [3.8, 4) is 0 Å². The van der Waals surface area contributed by atoms with Gasteiger partial charge in [-0.2, -0.15) is 17.0 Å². The van der Waals surface area contributed by atoms with Crippen LogP contribution in [-0.2, 0) is 5.75 Å². The lowest BCUT2D eigenvalue weighted by Gasteiger charge is -1.96. The maximum Gasteiger partial charge on any atom is 0.219 e. The topological polar surface area (TPSA) is 12.9 Å². The van der Waals surface area contributed by atoms with Gasteiger partial charge in [-0.3, -0.25) is 0 Å². The second-order valence-electron chi connectivity index (χ2n) is 1.72. The summed E-state index contributed by atoms with van der Waals surface area (Å²) in [6, 6.07) is 1.11. The Morgan fingerprint density at radius 2 is 2.20 bits per heavy atom. The first-order chi connectivity index (χ1) is 4.75. The fraction of sp³-hybridized carbons (Fsp3) is 0.167. The number of rotatable bonds is 1. The van der Waals surface area contributed by atoms with E-state index >= 15 is 0 Å². The number of hydrogen-bond acceptors (Lipinski definition) is 2. The maximum absolute atomic E-state index is 12.5. The zero-order chi connectivity index (χ0) is 7.56. The second-order valence-corrected chi connectivity index (χ2v) is 2.04. The molecule has 4 heteroatoms. The van der Waals surface area contributed by atoms with Crippen molar-refractivity contribution >= 4 is 12.6 Å². The summed E-state index contributed by atoms with van der Waals surface area (Å²) < 4.78 is 25.0.